The van der Waals surface area contributed by atoms with Gasteiger partial charge in [-0.25, -0.2) is 0 Å². The lowest BCUT2D eigenvalue weighted by Crippen LogP contribution is -2.22. The normalized spacial score (nSPS) is 10.3. The number of nitrogens with zero attached hydrogens (tertiary/aromatic N) is 1. The van der Waals surface area contributed by atoms with Crippen LogP contribution in [0.2, 0.25) is 0 Å². The monoisotopic (exact) mass is 337 g/mol. The molecule has 128 valence electrons. The second kappa shape index (κ2) is 7.53. The average molecular weight is 337 g/mol. The standard InChI is InChI=1S/C19H19N3O3/c1-24-16-9-8-14(10-17(16)25-2)18-15(12-21-22-18)19(23)20-11-13-6-4-3-5-7-13/h3-10,12H,11H2,1-2H3,(H,20,23)(H,21,22). The fourth-order valence-electron chi connectivity index (χ4n) is 2.54. The van der Waals surface area contributed by atoms with Crippen molar-refractivity contribution in [3.05, 3.63) is 65.9 Å². The molecule has 3 rings (SSSR count). The number of amides is 1. The van der Waals surface area contributed by atoms with Gasteiger partial charge in [-0.3, -0.25) is 9.89 Å². The number of rotatable bonds is 6. The Morgan fingerprint density at radius 3 is 2.56 bits per heavy atom. The van der Waals surface area contributed by atoms with E-state index in [-0.39, 0.29) is 5.91 Å². The maximum atomic E-state index is 12.5. The number of benzene rings is 2. The van der Waals surface area contributed by atoms with Gasteiger partial charge in [0.1, 0.15) is 0 Å². The number of carbonyl (C=O) groups excluding carboxylic acids is 1. The van der Waals surface area contributed by atoms with Gasteiger partial charge in [-0.2, -0.15) is 5.10 Å². The van der Waals surface area contributed by atoms with Crippen molar-refractivity contribution >= 4 is 5.91 Å². The number of H-pyrrole nitrogens is 1. The first-order valence-corrected chi connectivity index (χ1v) is 7.81. The molecule has 6 heteroatoms. The molecular formula is C19H19N3O3. The van der Waals surface area contributed by atoms with Crippen molar-refractivity contribution in [2.45, 2.75) is 6.54 Å². The zero-order chi connectivity index (χ0) is 17.6. The van der Waals surface area contributed by atoms with Crippen LogP contribution in [-0.4, -0.2) is 30.3 Å². The molecule has 6 nitrogen and oxygen atoms in total. The van der Waals surface area contributed by atoms with Gasteiger partial charge in [-0.1, -0.05) is 30.3 Å². The summed E-state index contributed by atoms with van der Waals surface area (Å²) in [5.41, 5.74) is 2.93. The molecule has 0 bridgehead atoms. The number of methoxy groups -OCH3 is 2. The first-order chi connectivity index (χ1) is 12.2. The van der Waals surface area contributed by atoms with Gasteiger partial charge in [0.2, 0.25) is 0 Å². The van der Waals surface area contributed by atoms with Crippen LogP contribution in [0, 0.1) is 0 Å². The summed E-state index contributed by atoms with van der Waals surface area (Å²) in [6.45, 7) is 0.455. The highest BCUT2D eigenvalue weighted by Crippen LogP contribution is 2.32. The smallest absolute Gasteiger partial charge is 0.255 e. The summed E-state index contributed by atoms with van der Waals surface area (Å²) < 4.78 is 10.6. The Hall–Kier alpha value is -3.28. The molecule has 1 aromatic heterocycles. The molecule has 0 aliphatic carbocycles. The highest BCUT2D eigenvalue weighted by molar-refractivity contribution is 5.99. The third kappa shape index (κ3) is 3.63. The van der Waals surface area contributed by atoms with E-state index in [1.54, 1.807) is 26.4 Å². The number of hydrogen-bond donors (Lipinski definition) is 2. The summed E-state index contributed by atoms with van der Waals surface area (Å²) in [5, 5.41) is 9.81. The largest absolute Gasteiger partial charge is 0.493 e. The molecule has 2 N–H and O–H groups in total. The molecule has 1 heterocycles. The van der Waals surface area contributed by atoms with Crippen molar-refractivity contribution in [2.75, 3.05) is 14.2 Å². The SMILES string of the molecule is COc1ccc(-c2[nH]ncc2C(=O)NCc2ccccc2)cc1OC. The Kier molecular flexibility index (Phi) is 4.99. The average Bonchev–Trinajstić information content (AvgIpc) is 3.16. The van der Waals surface area contributed by atoms with E-state index in [2.05, 4.69) is 15.5 Å². The van der Waals surface area contributed by atoms with Crippen molar-refractivity contribution in [1.29, 1.82) is 0 Å². The molecular weight excluding hydrogens is 318 g/mol. The Labute approximate surface area is 145 Å². The molecule has 0 saturated heterocycles. The Bertz CT molecular complexity index is 859. The van der Waals surface area contributed by atoms with Gasteiger partial charge in [0.05, 0.1) is 31.7 Å². The van der Waals surface area contributed by atoms with E-state index in [4.69, 9.17) is 9.47 Å². The van der Waals surface area contributed by atoms with E-state index < -0.39 is 0 Å². The van der Waals surface area contributed by atoms with Crippen LogP contribution in [0.4, 0.5) is 0 Å². The predicted molar refractivity (Wildman–Crippen MR) is 94.7 cm³/mol. The minimum absolute atomic E-state index is 0.192. The molecule has 0 unspecified atom stereocenters. The summed E-state index contributed by atoms with van der Waals surface area (Å²) in [6.07, 6.45) is 1.52. The molecule has 3 aromatic rings. The van der Waals surface area contributed by atoms with Gasteiger partial charge in [-0.05, 0) is 23.8 Å². The zero-order valence-electron chi connectivity index (χ0n) is 14.1. The lowest BCUT2D eigenvalue weighted by molar-refractivity contribution is 0.0951. The fourth-order valence-corrected chi connectivity index (χ4v) is 2.54. The molecule has 1 amide bonds. The molecule has 0 atom stereocenters. The second-order valence-electron chi connectivity index (χ2n) is 5.40. The summed E-state index contributed by atoms with van der Waals surface area (Å²) in [5.74, 6) is 1.02. The van der Waals surface area contributed by atoms with E-state index in [0.29, 0.717) is 29.3 Å². The van der Waals surface area contributed by atoms with E-state index >= 15 is 0 Å². The van der Waals surface area contributed by atoms with Crippen LogP contribution >= 0.6 is 0 Å². The quantitative estimate of drug-likeness (QED) is 0.725. The summed E-state index contributed by atoms with van der Waals surface area (Å²) >= 11 is 0. The highest BCUT2D eigenvalue weighted by Gasteiger charge is 2.16. The van der Waals surface area contributed by atoms with Crippen LogP contribution in [0.5, 0.6) is 11.5 Å². The van der Waals surface area contributed by atoms with E-state index in [0.717, 1.165) is 11.1 Å². The topological polar surface area (TPSA) is 76.2 Å². The highest BCUT2D eigenvalue weighted by atomic mass is 16.5. The molecule has 0 fully saturated rings. The first kappa shape index (κ1) is 16.6. The summed E-state index contributed by atoms with van der Waals surface area (Å²) in [7, 11) is 3.15. The van der Waals surface area contributed by atoms with Crippen LogP contribution in [-0.2, 0) is 6.54 Å². The fraction of sp³-hybridized carbons (Fsp3) is 0.158. The van der Waals surface area contributed by atoms with Crippen molar-refractivity contribution in [1.82, 2.24) is 15.5 Å². The van der Waals surface area contributed by atoms with E-state index in [1.165, 1.54) is 6.20 Å². The van der Waals surface area contributed by atoms with Crippen LogP contribution in [0.25, 0.3) is 11.3 Å². The van der Waals surface area contributed by atoms with Gasteiger partial charge < -0.3 is 14.8 Å². The Morgan fingerprint density at radius 1 is 1.08 bits per heavy atom. The molecule has 0 spiro atoms. The van der Waals surface area contributed by atoms with E-state index in [1.807, 2.05) is 36.4 Å². The first-order valence-electron chi connectivity index (χ1n) is 7.81. The number of nitrogens with one attached hydrogen (secondary N) is 2. The maximum Gasteiger partial charge on any atom is 0.255 e. The minimum atomic E-state index is -0.192. The predicted octanol–water partition coefficient (Wildman–Crippen LogP) is 3.02. The van der Waals surface area contributed by atoms with Gasteiger partial charge in [0, 0.05) is 12.1 Å². The Morgan fingerprint density at radius 2 is 1.84 bits per heavy atom. The molecule has 2 aromatic carbocycles. The summed E-state index contributed by atoms with van der Waals surface area (Å²) in [4.78, 5) is 12.5. The van der Waals surface area contributed by atoms with Crippen molar-refractivity contribution < 1.29 is 14.3 Å². The second-order valence-corrected chi connectivity index (χ2v) is 5.40. The van der Waals surface area contributed by atoms with Crippen molar-refractivity contribution in [2.24, 2.45) is 0 Å². The third-order valence-electron chi connectivity index (χ3n) is 3.85. The molecule has 25 heavy (non-hydrogen) atoms. The van der Waals surface area contributed by atoms with Gasteiger partial charge in [-0.15, -0.1) is 0 Å². The molecule has 0 saturated carbocycles. The number of carbonyl (C=O) groups is 1. The number of aromatic nitrogens is 2. The van der Waals surface area contributed by atoms with Crippen LogP contribution in [0.1, 0.15) is 15.9 Å². The Balaban J connectivity index is 1.81. The molecule has 0 aliphatic heterocycles. The van der Waals surface area contributed by atoms with E-state index in [9.17, 15) is 4.79 Å². The van der Waals surface area contributed by atoms with Crippen LogP contribution < -0.4 is 14.8 Å². The molecule has 0 radical (unpaired) electrons. The third-order valence-corrected chi connectivity index (χ3v) is 3.85. The number of hydrogen-bond acceptors (Lipinski definition) is 4. The lowest BCUT2D eigenvalue weighted by atomic mass is 10.1. The van der Waals surface area contributed by atoms with Gasteiger partial charge >= 0.3 is 0 Å². The minimum Gasteiger partial charge on any atom is -0.493 e. The lowest BCUT2D eigenvalue weighted by Gasteiger charge is -2.10. The number of ether oxygens (including phenoxy) is 2. The van der Waals surface area contributed by atoms with Crippen molar-refractivity contribution in [3.63, 3.8) is 0 Å². The summed E-state index contributed by atoms with van der Waals surface area (Å²) in [6, 6.07) is 15.2. The van der Waals surface area contributed by atoms with Crippen molar-refractivity contribution in [3.8, 4) is 22.8 Å². The van der Waals surface area contributed by atoms with Gasteiger partial charge in [0.15, 0.2) is 11.5 Å². The van der Waals surface area contributed by atoms with Crippen LogP contribution in [0.15, 0.2) is 54.7 Å². The number of aromatic amines is 1. The zero-order valence-corrected chi connectivity index (χ0v) is 14.1. The van der Waals surface area contributed by atoms with Gasteiger partial charge in [0.25, 0.3) is 5.91 Å². The maximum absolute atomic E-state index is 12.5. The molecule has 0 aliphatic rings. The van der Waals surface area contributed by atoms with Crippen LogP contribution in [0.3, 0.4) is 0 Å².